The van der Waals surface area contributed by atoms with Crippen molar-refractivity contribution in [2.24, 2.45) is 4.99 Å². The molecule has 7 nitrogen and oxygen atoms in total. The summed E-state index contributed by atoms with van der Waals surface area (Å²) in [5.74, 6) is 0.354. The highest BCUT2D eigenvalue weighted by Crippen LogP contribution is 2.13. The molecule has 27 heavy (non-hydrogen) atoms. The molecule has 0 unspecified atom stereocenters. The van der Waals surface area contributed by atoms with E-state index in [4.69, 9.17) is 11.6 Å². The molecule has 2 amide bonds. The Morgan fingerprint density at radius 2 is 1.74 bits per heavy atom. The summed E-state index contributed by atoms with van der Waals surface area (Å²) < 4.78 is 0. The standard InChI is InChI=1S/C19H30ClN5O2/c1-5-21-18(23-13-17(27)25-19(2,3)4)22-12-6-7-16(26)24-15-10-8-14(20)9-11-15/h8-11H,5-7,12-13H2,1-4H3,(H,24,26)(H,25,27)(H2,21,22,23). The lowest BCUT2D eigenvalue weighted by Crippen LogP contribution is -2.43. The van der Waals surface area contributed by atoms with Gasteiger partial charge >= 0.3 is 0 Å². The van der Waals surface area contributed by atoms with Crippen molar-refractivity contribution in [2.75, 3.05) is 25.0 Å². The van der Waals surface area contributed by atoms with Gasteiger partial charge in [-0.05, 0) is 58.4 Å². The molecule has 0 fully saturated rings. The molecule has 0 aliphatic heterocycles. The van der Waals surface area contributed by atoms with Gasteiger partial charge in [0.1, 0.15) is 6.54 Å². The van der Waals surface area contributed by atoms with Gasteiger partial charge in [-0.15, -0.1) is 0 Å². The summed E-state index contributed by atoms with van der Waals surface area (Å²) in [7, 11) is 0. The van der Waals surface area contributed by atoms with E-state index >= 15 is 0 Å². The van der Waals surface area contributed by atoms with Gasteiger partial charge in [0.25, 0.3) is 0 Å². The van der Waals surface area contributed by atoms with Gasteiger partial charge in [0.05, 0.1) is 0 Å². The quantitative estimate of drug-likeness (QED) is 0.309. The number of rotatable bonds is 8. The zero-order valence-corrected chi connectivity index (χ0v) is 17.2. The molecule has 0 radical (unpaired) electrons. The van der Waals surface area contributed by atoms with Gasteiger partial charge in [0, 0.05) is 35.8 Å². The van der Waals surface area contributed by atoms with Gasteiger partial charge in [0.15, 0.2) is 5.96 Å². The molecule has 1 aromatic carbocycles. The van der Waals surface area contributed by atoms with Crippen molar-refractivity contribution in [3.8, 4) is 0 Å². The van der Waals surface area contributed by atoms with E-state index in [2.05, 4.69) is 26.3 Å². The average molecular weight is 396 g/mol. The smallest absolute Gasteiger partial charge is 0.242 e. The van der Waals surface area contributed by atoms with E-state index in [1.807, 2.05) is 27.7 Å². The zero-order chi connectivity index (χ0) is 20.3. The minimum absolute atomic E-state index is 0.0453. The molecule has 0 saturated carbocycles. The first kappa shape index (κ1) is 22.8. The highest BCUT2D eigenvalue weighted by Gasteiger charge is 2.13. The second kappa shape index (κ2) is 11.4. The predicted molar refractivity (Wildman–Crippen MR) is 111 cm³/mol. The van der Waals surface area contributed by atoms with Crippen molar-refractivity contribution < 1.29 is 9.59 Å². The van der Waals surface area contributed by atoms with Crippen LogP contribution in [0.3, 0.4) is 0 Å². The van der Waals surface area contributed by atoms with Crippen molar-refractivity contribution in [1.82, 2.24) is 16.0 Å². The molecule has 0 bridgehead atoms. The van der Waals surface area contributed by atoms with Crippen LogP contribution in [0.1, 0.15) is 40.5 Å². The third-order valence-electron chi connectivity index (χ3n) is 3.24. The number of carbonyl (C=O) groups is 2. The number of guanidine groups is 1. The minimum atomic E-state index is -0.282. The van der Waals surface area contributed by atoms with Crippen LogP contribution in [0, 0.1) is 0 Å². The van der Waals surface area contributed by atoms with Crippen LogP contribution in [-0.4, -0.2) is 42.9 Å². The maximum Gasteiger partial charge on any atom is 0.242 e. The normalized spacial score (nSPS) is 11.7. The Labute approximate surface area is 166 Å². The van der Waals surface area contributed by atoms with Gasteiger partial charge in [0.2, 0.25) is 11.8 Å². The molecule has 0 atom stereocenters. The summed E-state index contributed by atoms with van der Waals surface area (Å²) in [6.45, 7) is 9.02. The zero-order valence-electron chi connectivity index (χ0n) is 16.5. The molecule has 0 spiro atoms. The van der Waals surface area contributed by atoms with Crippen molar-refractivity contribution in [3.63, 3.8) is 0 Å². The third kappa shape index (κ3) is 11.1. The van der Waals surface area contributed by atoms with Gasteiger partial charge in [-0.1, -0.05) is 11.6 Å². The topological polar surface area (TPSA) is 94.6 Å². The van der Waals surface area contributed by atoms with Crippen molar-refractivity contribution >= 4 is 35.1 Å². The Morgan fingerprint density at radius 3 is 2.33 bits per heavy atom. The highest BCUT2D eigenvalue weighted by atomic mass is 35.5. The number of nitrogens with zero attached hydrogens (tertiary/aromatic N) is 1. The molecule has 0 aromatic heterocycles. The number of hydrogen-bond acceptors (Lipinski definition) is 3. The summed E-state index contributed by atoms with van der Waals surface area (Å²) in [5, 5.41) is 12.5. The van der Waals surface area contributed by atoms with Gasteiger partial charge in [-0.25, -0.2) is 4.99 Å². The molecule has 0 saturated heterocycles. The van der Waals surface area contributed by atoms with E-state index in [9.17, 15) is 9.59 Å². The summed E-state index contributed by atoms with van der Waals surface area (Å²) >= 11 is 5.82. The van der Waals surface area contributed by atoms with Crippen LogP contribution in [0.15, 0.2) is 29.3 Å². The van der Waals surface area contributed by atoms with Crippen molar-refractivity contribution in [2.45, 2.75) is 46.1 Å². The van der Waals surface area contributed by atoms with Crippen molar-refractivity contribution in [3.05, 3.63) is 29.3 Å². The fraction of sp³-hybridized carbons (Fsp3) is 0.526. The number of nitrogens with one attached hydrogen (secondary N) is 4. The average Bonchev–Trinajstić information content (AvgIpc) is 2.57. The summed E-state index contributed by atoms with van der Waals surface area (Å²) in [5.41, 5.74) is 0.438. The Bertz CT molecular complexity index is 638. The van der Waals surface area contributed by atoms with E-state index < -0.39 is 0 Å². The first-order chi connectivity index (χ1) is 12.7. The molecular formula is C19H30ClN5O2. The summed E-state index contributed by atoms with van der Waals surface area (Å²) in [6, 6.07) is 6.98. The number of halogens is 1. The monoisotopic (exact) mass is 395 g/mol. The number of hydrogen-bond donors (Lipinski definition) is 4. The number of benzene rings is 1. The van der Waals surface area contributed by atoms with Crippen molar-refractivity contribution in [1.29, 1.82) is 0 Å². The number of anilines is 1. The molecule has 0 heterocycles. The van der Waals surface area contributed by atoms with E-state index in [1.54, 1.807) is 24.3 Å². The second-order valence-corrected chi connectivity index (χ2v) is 7.52. The van der Waals surface area contributed by atoms with Crippen LogP contribution in [0.25, 0.3) is 0 Å². The largest absolute Gasteiger partial charge is 0.357 e. The summed E-state index contributed by atoms with van der Waals surface area (Å²) in [4.78, 5) is 28.1. The van der Waals surface area contributed by atoms with E-state index in [-0.39, 0.29) is 23.9 Å². The number of carbonyl (C=O) groups excluding carboxylic acids is 2. The lowest BCUT2D eigenvalue weighted by Gasteiger charge is -2.20. The first-order valence-electron chi connectivity index (χ1n) is 9.08. The Kier molecular flexibility index (Phi) is 9.64. The maximum atomic E-state index is 11.9. The number of aliphatic imine (C=N–C) groups is 1. The van der Waals surface area contributed by atoms with E-state index in [0.717, 1.165) is 5.69 Å². The van der Waals surface area contributed by atoms with Crippen LogP contribution >= 0.6 is 11.6 Å². The molecule has 1 aromatic rings. The Balaban J connectivity index is 2.35. The molecule has 1 rings (SSSR count). The molecule has 150 valence electrons. The lowest BCUT2D eigenvalue weighted by molar-refractivity contribution is -0.121. The molecule has 8 heteroatoms. The third-order valence-corrected chi connectivity index (χ3v) is 3.49. The number of amides is 2. The van der Waals surface area contributed by atoms with E-state index in [1.165, 1.54) is 0 Å². The SMILES string of the molecule is CCNC(=NCC(=O)NC(C)(C)C)NCCCC(=O)Nc1ccc(Cl)cc1. The molecule has 0 aliphatic rings. The van der Waals surface area contributed by atoms with Gasteiger partial charge < -0.3 is 21.3 Å². The minimum Gasteiger partial charge on any atom is -0.357 e. The molecular weight excluding hydrogens is 366 g/mol. The van der Waals surface area contributed by atoms with Crippen LogP contribution in [-0.2, 0) is 9.59 Å². The maximum absolute atomic E-state index is 11.9. The Morgan fingerprint density at radius 1 is 1.07 bits per heavy atom. The lowest BCUT2D eigenvalue weighted by atomic mass is 10.1. The van der Waals surface area contributed by atoms with Crippen LogP contribution in [0.4, 0.5) is 5.69 Å². The fourth-order valence-corrected chi connectivity index (χ4v) is 2.29. The first-order valence-corrected chi connectivity index (χ1v) is 9.46. The molecule has 4 N–H and O–H groups in total. The Hall–Kier alpha value is -2.28. The highest BCUT2D eigenvalue weighted by molar-refractivity contribution is 6.30. The van der Waals surface area contributed by atoms with Crippen LogP contribution < -0.4 is 21.3 Å². The second-order valence-electron chi connectivity index (χ2n) is 7.08. The summed E-state index contributed by atoms with van der Waals surface area (Å²) in [6.07, 6.45) is 1.01. The predicted octanol–water partition coefficient (Wildman–Crippen LogP) is 2.53. The van der Waals surface area contributed by atoms with E-state index in [0.29, 0.717) is 36.9 Å². The van der Waals surface area contributed by atoms with Gasteiger partial charge in [-0.2, -0.15) is 0 Å². The van der Waals surface area contributed by atoms with Crippen LogP contribution in [0.5, 0.6) is 0 Å². The molecule has 0 aliphatic carbocycles. The van der Waals surface area contributed by atoms with Crippen LogP contribution in [0.2, 0.25) is 5.02 Å². The van der Waals surface area contributed by atoms with Gasteiger partial charge in [-0.3, -0.25) is 9.59 Å². The fourth-order valence-electron chi connectivity index (χ4n) is 2.16.